The molecule has 2 aromatic heterocycles. The first-order valence-electron chi connectivity index (χ1n) is 11.1. The number of benzene rings is 4. The number of hydrogen-bond donors (Lipinski definition) is 2. The van der Waals surface area contributed by atoms with Crippen molar-refractivity contribution < 1.29 is 4.74 Å². The molecule has 0 bridgehead atoms. The van der Waals surface area contributed by atoms with Gasteiger partial charge in [0.1, 0.15) is 0 Å². The summed E-state index contributed by atoms with van der Waals surface area (Å²) in [4.78, 5) is 17.7. The van der Waals surface area contributed by atoms with Crippen molar-refractivity contribution in [2.45, 2.75) is 0 Å². The third kappa shape index (κ3) is 3.75. The Morgan fingerprint density at radius 3 is 1.46 bits per heavy atom. The maximum atomic E-state index is 6.33. The van der Waals surface area contributed by atoms with E-state index in [-0.39, 0.29) is 12.0 Å². The number of ether oxygens (including phenoxy) is 1. The van der Waals surface area contributed by atoms with Crippen LogP contribution in [0.2, 0.25) is 0 Å². The molecular formula is C28H20N6O. The average molecular weight is 457 g/mol. The molecule has 0 amide bonds. The quantitative estimate of drug-likeness (QED) is 0.319. The van der Waals surface area contributed by atoms with E-state index in [9.17, 15) is 0 Å². The monoisotopic (exact) mass is 456 g/mol. The molecule has 0 atom stereocenters. The summed E-state index contributed by atoms with van der Waals surface area (Å²) < 4.78 is 5.88. The predicted octanol–water partition coefficient (Wildman–Crippen LogP) is 5.86. The average Bonchev–Trinajstić information content (AvgIpc) is 2.89. The minimum absolute atomic E-state index is 0.123. The molecule has 6 aromatic rings. The minimum atomic E-state index is 0.123. The van der Waals surface area contributed by atoms with E-state index in [4.69, 9.17) is 16.2 Å². The number of rotatable bonds is 4. The fourth-order valence-corrected chi connectivity index (χ4v) is 4.29. The van der Waals surface area contributed by atoms with E-state index in [0.717, 1.165) is 32.7 Å². The summed E-state index contributed by atoms with van der Waals surface area (Å²) in [6, 6.07) is 27.6. The summed E-state index contributed by atoms with van der Waals surface area (Å²) in [5.41, 5.74) is 16.9. The molecule has 2 heterocycles. The summed E-state index contributed by atoms with van der Waals surface area (Å²) in [7, 11) is 0. The largest absolute Gasteiger partial charge is 0.398 e. The van der Waals surface area contributed by atoms with E-state index in [1.165, 1.54) is 0 Å². The Labute approximate surface area is 201 Å². The van der Waals surface area contributed by atoms with Crippen molar-refractivity contribution in [3.05, 3.63) is 97.3 Å². The van der Waals surface area contributed by atoms with Crippen molar-refractivity contribution in [2.24, 2.45) is 0 Å². The maximum Gasteiger partial charge on any atom is 0.324 e. The second kappa shape index (κ2) is 8.39. The molecule has 35 heavy (non-hydrogen) atoms. The van der Waals surface area contributed by atoms with E-state index in [1.54, 1.807) is 24.5 Å². The van der Waals surface area contributed by atoms with Gasteiger partial charge in [-0.1, -0.05) is 60.7 Å². The van der Waals surface area contributed by atoms with Gasteiger partial charge in [-0.25, -0.2) is 9.97 Å². The van der Waals surface area contributed by atoms with Crippen LogP contribution < -0.4 is 16.2 Å². The second-order valence-electron chi connectivity index (χ2n) is 8.05. The summed E-state index contributed by atoms with van der Waals surface area (Å²) in [6.45, 7) is 0. The van der Waals surface area contributed by atoms with Gasteiger partial charge in [0.15, 0.2) is 0 Å². The lowest BCUT2D eigenvalue weighted by molar-refractivity contribution is 0.408. The smallest absolute Gasteiger partial charge is 0.324 e. The zero-order valence-electron chi connectivity index (χ0n) is 18.6. The Morgan fingerprint density at radius 1 is 0.514 bits per heavy atom. The van der Waals surface area contributed by atoms with Crippen LogP contribution >= 0.6 is 0 Å². The van der Waals surface area contributed by atoms with Crippen LogP contribution in [-0.4, -0.2) is 19.9 Å². The zero-order valence-corrected chi connectivity index (χ0v) is 18.6. The summed E-state index contributed by atoms with van der Waals surface area (Å²) in [6.07, 6.45) is 3.26. The molecule has 4 N–H and O–H groups in total. The third-order valence-electron chi connectivity index (χ3n) is 5.88. The fourth-order valence-electron chi connectivity index (χ4n) is 4.29. The maximum absolute atomic E-state index is 6.33. The molecule has 0 unspecified atom stereocenters. The number of nitrogens with zero attached hydrogens (tertiary/aromatic N) is 4. The number of anilines is 2. The van der Waals surface area contributed by atoms with Crippen LogP contribution in [0.1, 0.15) is 0 Å². The van der Waals surface area contributed by atoms with Gasteiger partial charge in [-0.2, -0.15) is 9.97 Å². The molecule has 0 aliphatic rings. The van der Waals surface area contributed by atoms with Gasteiger partial charge in [-0.15, -0.1) is 0 Å². The number of fused-ring (bicyclic) bond motifs is 2. The van der Waals surface area contributed by atoms with Crippen LogP contribution in [0.3, 0.4) is 0 Å². The Kier molecular flexibility index (Phi) is 4.93. The first-order chi connectivity index (χ1) is 17.2. The lowest BCUT2D eigenvalue weighted by atomic mass is 10.00. The normalized spacial score (nSPS) is 11.1. The lowest BCUT2D eigenvalue weighted by Crippen LogP contribution is -2.00. The van der Waals surface area contributed by atoms with Crippen LogP contribution in [0.5, 0.6) is 12.0 Å². The van der Waals surface area contributed by atoms with E-state index < -0.39 is 0 Å². The van der Waals surface area contributed by atoms with Crippen LogP contribution in [0.4, 0.5) is 11.4 Å². The third-order valence-corrected chi connectivity index (χ3v) is 5.88. The standard InChI is InChI=1S/C28H20N6O/c29-21-11-9-17-5-1-3-7-19(17)25(21)23-13-15-31-27(33-23)35-28-32-16-14-24(34-28)26-20-8-4-2-6-18(20)10-12-22(26)30/h1-16H,29-30H2. The second-order valence-corrected chi connectivity index (χ2v) is 8.05. The molecule has 0 fully saturated rings. The molecule has 0 saturated carbocycles. The van der Waals surface area contributed by atoms with Gasteiger partial charge in [0, 0.05) is 34.9 Å². The van der Waals surface area contributed by atoms with Gasteiger partial charge in [0.25, 0.3) is 0 Å². The van der Waals surface area contributed by atoms with Gasteiger partial charge in [0.2, 0.25) is 0 Å². The summed E-state index contributed by atoms with van der Waals surface area (Å²) in [5, 5.41) is 4.15. The van der Waals surface area contributed by atoms with Gasteiger partial charge >= 0.3 is 12.0 Å². The van der Waals surface area contributed by atoms with Crippen molar-refractivity contribution in [3.8, 4) is 34.5 Å². The van der Waals surface area contributed by atoms with E-state index >= 15 is 0 Å². The minimum Gasteiger partial charge on any atom is -0.398 e. The van der Waals surface area contributed by atoms with Crippen molar-refractivity contribution >= 4 is 32.9 Å². The summed E-state index contributed by atoms with van der Waals surface area (Å²) in [5.74, 6) is 0. The van der Waals surface area contributed by atoms with Gasteiger partial charge in [-0.05, 0) is 45.8 Å². The van der Waals surface area contributed by atoms with Crippen molar-refractivity contribution in [2.75, 3.05) is 11.5 Å². The molecule has 0 aliphatic carbocycles. The van der Waals surface area contributed by atoms with E-state index in [1.807, 2.05) is 72.8 Å². The molecule has 4 aromatic carbocycles. The molecule has 7 heteroatoms. The van der Waals surface area contributed by atoms with E-state index in [0.29, 0.717) is 22.8 Å². The molecule has 0 saturated heterocycles. The first-order valence-corrected chi connectivity index (χ1v) is 11.1. The Balaban J connectivity index is 1.39. The van der Waals surface area contributed by atoms with E-state index in [2.05, 4.69) is 19.9 Å². The zero-order chi connectivity index (χ0) is 23.8. The van der Waals surface area contributed by atoms with Crippen molar-refractivity contribution in [3.63, 3.8) is 0 Å². The lowest BCUT2D eigenvalue weighted by Gasteiger charge is -2.11. The number of hydrogen-bond acceptors (Lipinski definition) is 7. The topological polar surface area (TPSA) is 113 Å². The highest BCUT2D eigenvalue weighted by Crippen LogP contribution is 2.35. The van der Waals surface area contributed by atoms with Crippen LogP contribution in [0.25, 0.3) is 44.1 Å². The van der Waals surface area contributed by atoms with Crippen LogP contribution in [-0.2, 0) is 0 Å². The SMILES string of the molecule is Nc1ccc2ccccc2c1-c1ccnc(Oc2nccc(-c3c(N)ccc4ccccc34)n2)n1. The Hall–Kier alpha value is -5.04. The number of nitrogen functional groups attached to an aromatic ring is 2. The predicted molar refractivity (Wildman–Crippen MR) is 139 cm³/mol. The van der Waals surface area contributed by atoms with Crippen LogP contribution in [0, 0.1) is 0 Å². The van der Waals surface area contributed by atoms with Gasteiger partial charge < -0.3 is 16.2 Å². The van der Waals surface area contributed by atoms with Crippen molar-refractivity contribution in [1.82, 2.24) is 19.9 Å². The Bertz CT molecular complexity index is 1590. The first kappa shape index (κ1) is 20.6. The highest BCUT2D eigenvalue weighted by Gasteiger charge is 2.14. The highest BCUT2D eigenvalue weighted by molar-refractivity contribution is 6.02. The fraction of sp³-hybridized carbons (Fsp3) is 0. The molecule has 0 spiro atoms. The van der Waals surface area contributed by atoms with Crippen molar-refractivity contribution in [1.29, 1.82) is 0 Å². The molecule has 6 rings (SSSR count). The van der Waals surface area contributed by atoms with Gasteiger partial charge in [-0.3, -0.25) is 0 Å². The molecule has 7 nitrogen and oxygen atoms in total. The number of nitrogens with two attached hydrogens (primary N) is 2. The van der Waals surface area contributed by atoms with Gasteiger partial charge in [0.05, 0.1) is 11.4 Å². The number of aromatic nitrogens is 4. The molecule has 0 aliphatic heterocycles. The van der Waals surface area contributed by atoms with Crippen LogP contribution in [0.15, 0.2) is 97.3 Å². The molecular weight excluding hydrogens is 436 g/mol. The Morgan fingerprint density at radius 2 is 0.971 bits per heavy atom. The summed E-state index contributed by atoms with van der Waals surface area (Å²) >= 11 is 0. The molecule has 0 radical (unpaired) electrons. The molecule has 168 valence electrons. The highest BCUT2D eigenvalue weighted by atomic mass is 16.5.